The minimum Gasteiger partial charge on any atom is -0.466 e. The van der Waals surface area contributed by atoms with Crippen molar-refractivity contribution in [3.63, 3.8) is 0 Å². The van der Waals surface area contributed by atoms with Crippen LogP contribution in [0.2, 0.25) is 0 Å². The fraction of sp³-hybridized carbons (Fsp3) is 0.333. The van der Waals surface area contributed by atoms with Crippen molar-refractivity contribution in [2.24, 2.45) is 0 Å². The molecule has 56 valence electrons. The molecule has 0 spiro atoms. The molecule has 0 N–H and O–H groups in total. The predicted octanol–water partition coefficient (Wildman–Crippen LogP) is 1.74. The molecular weight excluding hydrogens is 140 g/mol. The molecule has 0 aliphatic carbocycles. The van der Waals surface area contributed by atoms with Crippen molar-refractivity contribution in [3.05, 3.63) is 24.2 Å². The van der Waals surface area contributed by atoms with Crippen LogP contribution in [0, 0.1) is 11.8 Å². The van der Waals surface area contributed by atoms with Crippen LogP contribution in [-0.2, 0) is 4.74 Å². The van der Waals surface area contributed by atoms with Gasteiger partial charge in [0.2, 0.25) is 0 Å². The highest BCUT2D eigenvalue weighted by molar-refractivity contribution is 5.20. The Morgan fingerprint density at radius 3 is 3.09 bits per heavy atom. The average Bonchev–Trinajstić information content (AvgIpc) is 2.61. The van der Waals surface area contributed by atoms with Gasteiger partial charge in [-0.2, -0.15) is 0 Å². The van der Waals surface area contributed by atoms with Crippen LogP contribution < -0.4 is 0 Å². The smallest absolute Gasteiger partial charge is 0.154 e. The fourth-order valence-corrected chi connectivity index (χ4v) is 1.03. The number of epoxide rings is 1. The summed E-state index contributed by atoms with van der Waals surface area (Å²) in [7, 11) is 0. The summed E-state index contributed by atoms with van der Waals surface area (Å²) in [5.74, 6) is 6.60. The Morgan fingerprint density at radius 2 is 2.45 bits per heavy atom. The van der Waals surface area contributed by atoms with E-state index >= 15 is 0 Å². The molecule has 0 aromatic carbocycles. The van der Waals surface area contributed by atoms with Gasteiger partial charge in [0.1, 0.15) is 5.76 Å². The summed E-state index contributed by atoms with van der Waals surface area (Å²) in [6.45, 7) is 1.81. The van der Waals surface area contributed by atoms with Gasteiger partial charge < -0.3 is 9.15 Å². The molecule has 1 aliphatic rings. The van der Waals surface area contributed by atoms with Crippen LogP contribution in [0.5, 0.6) is 0 Å². The van der Waals surface area contributed by atoms with E-state index in [1.54, 1.807) is 13.2 Å². The molecule has 0 saturated carbocycles. The summed E-state index contributed by atoms with van der Waals surface area (Å²) in [6, 6.07) is 3.76. The zero-order valence-electron chi connectivity index (χ0n) is 6.20. The van der Waals surface area contributed by atoms with E-state index in [0.29, 0.717) is 0 Å². The van der Waals surface area contributed by atoms with Crippen LogP contribution in [0.3, 0.4) is 0 Å². The highest BCUT2D eigenvalue weighted by atomic mass is 16.6. The van der Waals surface area contributed by atoms with E-state index in [4.69, 9.17) is 9.15 Å². The Hall–Kier alpha value is -1.20. The van der Waals surface area contributed by atoms with Crippen molar-refractivity contribution in [2.45, 2.75) is 19.1 Å². The molecule has 1 aromatic heterocycles. The second-order valence-corrected chi connectivity index (χ2v) is 2.39. The maximum absolute atomic E-state index is 5.23. The Kier molecular flexibility index (Phi) is 1.45. The zero-order valence-corrected chi connectivity index (χ0v) is 6.20. The van der Waals surface area contributed by atoms with E-state index in [1.807, 2.05) is 12.1 Å². The van der Waals surface area contributed by atoms with E-state index in [0.717, 1.165) is 5.76 Å². The molecule has 2 heterocycles. The monoisotopic (exact) mass is 148 g/mol. The summed E-state index contributed by atoms with van der Waals surface area (Å²) < 4.78 is 10.4. The lowest BCUT2D eigenvalue weighted by molar-refractivity contribution is 0.361. The first-order chi connectivity index (χ1) is 5.42. The van der Waals surface area contributed by atoms with Crippen LogP contribution in [0.4, 0.5) is 0 Å². The van der Waals surface area contributed by atoms with Gasteiger partial charge in [0, 0.05) is 0 Å². The maximum Gasteiger partial charge on any atom is 0.154 e. The molecule has 2 heteroatoms. The van der Waals surface area contributed by atoms with Gasteiger partial charge in [-0.25, -0.2) is 0 Å². The Labute approximate surface area is 65.2 Å². The highest BCUT2D eigenvalue weighted by Gasteiger charge is 2.40. The second-order valence-electron chi connectivity index (χ2n) is 2.39. The second kappa shape index (κ2) is 2.44. The number of hydrogen-bond acceptors (Lipinski definition) is 2. The molecule has 2 rings (SSSR count). The summed E-state index contributed by atoms with van der Waals surface area (Å²) >= 11 is 0. The van der Waals surface area contributed by atoms with E-state index in [2.05, 4.69) is 11.8 Å². The van der Waals surface area contributed by atoms with Crippen LogP contribution in [0.1, 0.15) is 18.8 Å². The fourth-order valence-electron chi connectivity index (χ4n) is 1.03. The van der Waals surface area contributed by atoms with E-state index in [-0.39, 0.29) is 12.2 Å². The molecule has 11 heavy (non-hydrogen) atoms. The molecule has 0 amide bonds. The molecule has 1 aromatic rings. The average molecular weight is 148 g/mol. The van der Waals surface area contributed by atoms with Crippen LogP contribution in [0.25, 0.3) is 0 Å². The molecule has 0 radical (unpaired) electrons. The van der Waals surface area contributed by atoms with Gasteiger partial charge in [-0.15, -0.1) is 5.92 Å². The standard InChI is InChI=1S/C9H8O2/c1-2-4-8-9(11-8)7-5-3-6-10-7/h3,5-6,8-9H,1H3/t8-,9-/m1/s1. The largest absolute Gasteiger partial charge is 0.466 e. The summed E-state index contributed by atoms with van der Waals surface area (Å²) in [4.78, 5) is 0. The highest BCUT2D eigenvalue weighted by Crippen LogP contribution is 2.38. The number of ether oxygens (including phenoxy) is 1. The molecule has 2 atom stereocenters. The zero-order chi connectivity index (χ0) is 7.68. The lowest BCUT2D eigenvalue weighted by Crippen LogP contribution is -1.80. The molecule has 2 nitrogen and oxygen atoms in total. The molecule has 0 unspecified atom stereocenters. The molecule has 1 aliphatic heterocycles. The lowest BCUT2D eigenvalue weighted by atomic mass is 10.2. The third kappa shape index (κ3) is 1.15. The minimum absolute atomic E-state index is 0.0612. The van der Waals surface area contributed by atoms with Gasteiger partial charge in [-0.3, -0.25) is 0 Å². The van der Waals surface area contributed by atoms with E-state index in [1.165, 1.54) is 0 Å². The first-order valence-corrected chi connectivity index (χ1v) is 3.53. The Balaban J connectivity index is 2.06. The predicted molar refractivity (Wildman–Crippen MR) is 39.8 cm³/mol. The van der Waals surface area contributed by atoms with Crippen molar-refractivity contribution in [1.82, 2.24) is 0 Å². The Morgan fingerprint density at radius 1 is 1.55 bits per heavy atom. The van der Waals surface area contributed by atoms with Crippen molar-refractivity contribution in [3.8, 4) is 11.8 Å². The quantitative estimate of drug-likeness (QED) is 0.447. The number of furan rings is 1. The molecule has 0 bridgehead atoms. The summed E-state index contributed by atoms with van der Waals surface area (Å²) in [5, 5.41) is 0. The third-order valence-electron chi connectivity index (χ3n) is 1.60. The normalized spacial score (nSPS) is 27.4. The van der Waals surface area contributed by atoms with Crippen molar-refractivity contribution in [2.75, 3.05) is 0 Å². The molecule has 1 fully saturated rings. The topological polar surface area (TPSA) is 25.7 Å². The molecule has 1 saturated heterocycles. The van der Waals surface area contributed by atoms with Gasteiger partial charge in [0.25, 0.3) is 0 Å². The Bertz CT molecular complexity index is 289. The number of hydrogen-bond donors (Lipinski definition) is 0. The number of rotatable bonds is 1. The van der Waals surface area contributed by atoms with Crippen LogP contribution in [-0.4, -0.2) is 6.10 Å². The third-order valence-corrected chi connectivity index (χ3v) is 1.60. The summed E-state index contributed by atoms with van der Waals surface area (Å²) in [5.41, 5.74) is 0. The van der Waals surface area contributed by atoms with Crippen LogP contribution >= 0.6 is 0 Å². The van der Waals surface area contributed by atoms with Crippen LogP contribution in [0.15, 0.2) is 22.8 Å². The van der Waals surface area contributed by atoms with Crippen molar-refractivity contribution >= 4 is 0 Å². The minimum atomic E-state index is 0.0612. The van der Waals surface area contributed by atoms with Crippen molar-refractivity contribution < 1.29 is 9.15 Å². The molecular formula is C9H8O2. The summed E-state index contributed by atoms with van der Waals surface area (Å²) in [6.07, 6.45) is 1.79. The van der Waals surface area contributed by atoms with Gasteiger partial charge >= 0.3 is 0 Å². The van der Waals surface area contributed by atoms with E-state index < -0.39 is 0 Å². The first-order valence-electron chi connectivity index (χ1n) is 3.53. The lowest BCUT2D eigenvalue weighted by Gasteiger charge is -1.81. The van der Waals surface area contributed by atoms with Gasteiger partial charge in [0.05, 0.1) is 6.26 Å². The van der Waals surface area contributed by atoms with Gasteiger partial charge in [0.15, 0.2) is 12.2 Å². The van der Waals surface area contributed by atoms with Gasteiger partial charge in [-0.05, 0) is 19.1 Å². The van der Waals surface area contributed by atoms with Gasteiger partial charge in [-0.1, -0.05) is 5.92 Å². The SMILES string of the molecule is CC#C[C@H]1O[C@@H]1c1ccco1. The maximum atomic E-state index is 5.23. The van der Waals surface area contributed by atoms with E-state index in [9.17, 15) is 0 Å². The first kappa shape index (κ1) is 6.51. The van der Waals surface area contributed by atoms with Crippen molar-refractivity contribution in [1.29, 1.82) is 0 Å².